The van der Waals surface area contributed by atoms with Gasteiger partial charge in [0.1, 0.15) is 22.8 Å². The van der Waals surface area contributed by atoms with Gasteiger partial charge in [-0.05, 0) is 73.2 Å². The first-order valence-corrected chi connectivity index (χ1v) is 14.2. The number of amides is 1. The number of carbonyl (C=O) groups is 3. The lowest BCUT2D eigenvalue weighted by molar-refractivity contribution is -0.153. The second kappa shape index (κ2) is 9.96. The van der Waals surface area contributed by atoms with Crippen LogP contribution in [0, 0.1) is 11.8 Å². The zero-order valence-corrected chi connectivity index (χ0v) is 25.5. The third-order valence-corrected chi connectivity index (χ3v) is 9.22. The molecule has 0 saturated heterocycles. The van der Waals surface area contributed by atoms with Crippen molar-refractivity contribution < 1.29 is 34.8 Å². The van der Waals surface area contributed by atoms with Crippen LogP contribution in [0.3, 0.4) is 0 Å². The number of rotatable bonds is 4. The van der Waals surface area contributed by atoms with Gasteiger partial charge in [-0.3, -0.25) is 19.3 Å². The quantitative estimate of drug-likeness (QED) is 0.337. The van der Waals surface area contributed by atoms with Crippen LogP contribution in [0.15, 0.2) is 47.2 Å². The van der Waals surface area contributed by atoms with E-state index in [9.17, 15) is 34.8 Å². The molecule has 10 nitrogen and oxygen atoms in total. The minimum absolute atomic E-state index is 0.0343. The highest BCUT2D eigenvalue weighted by Gasteiger charge is 2.64. The molecule has 2 aromatic rings. The van der Waals surface area contributed by atoms with Crippen molar-refractivity contribution in [3.05, 3.63) is 63.9 Å². The lowest BCUT2D eigenvalue weighted by Gasteiger charge is -2.50. The number of nitrogens with zero attached hydrogens (tertiary/aromatic N) is 2. The summed E-state index contributed by atoms with van der Waals surface area (Å²) in [4.78, 5) is 43.3. The average molecular weight is 590 g/mol. The number of primary amides is 1. The zero-order valence-electron chi connectivity index (χ0n) is 25.5. The number of ketones is 2. The van der Waals surface area contributed by atoms with E-state index in [2.05, 4.69) is 0 Å². The molecule has 1 saturated carbocycles. The highest BCUT2D eigenvalue weighted by atomic mass is 16.3. The van der Waals surface area contributed by atoms with Crippen molar-refractivity contribution in [2.24, 2.45) is 17.6 Å². The molecule has 2 aromatic carbocycles. The molecule has 0 bridgehead atoms. The van der Waals surface area contributed by atoms with Gasteiger partial charge >= 0.3 is 0 Å². The van der Waals surface area contributed by atoms with Crippen molar-refractivity contribution in [2.45, 2.75) is 50.7 Å². The lowest BCUT2D eigenvalue weighted by Crippen LogP contribution is -2.65. The Balaban J connectivity index is 1.79. The topological polar surface area (TPSA) is 165 Å². The molecule has 0 aliphatic heterocycles. The fourth-order valence-electron chi connectivity index (χ4n) is 7.08. The Hall–Kier alpha value is -4.15. The van der Waals surface area contributed by atoms with Gasteiger partial charge in [0, 0.05) is 36.8 Å². The normalized spacial score (nSPS) is 25.5. The third-order valence-electron chi connectivity index (χ3n) is 9.22. The van der Waals surface area contributed by atoms with Crippen molar-refractivity contribution >= 4 is 28.9 Å². The van der Waals surface area contributed by atoms with Crippen LogP contribution in [-0.2, 0) is 26.2 Å². The van der Waals surface area contributed by atoms with Crippen molar-refractivity contribution in [3.63, 3.8) is 0 Å². The molecule has 228 valence electrons. The number of hydrogen-bond acceptors (Lipinski definition) is 9. The first kappa shape index (κ1) is 30.3. The van der Waals surface area contributed by atoms with E-state index in [0.29, 0.717) is 11.1 Å². The molecule has 0 radical (unpaired) electrons. The molecule has 5 rings (SSSR count). The third kappa shape index (κ3) is 4.34. The minimum Gasteiger partial charge on any atom is -0.508 e. The number of Topliss-reactive ketones (excluding diaryl/α,β-unsaturated/α-hetero) is 2. The molecule has 1 amide bonds. The van der Waals surface area contributed by atoms with Crippen molar-refractivity contribution in [3.8, 4) is 16.9 Å². The van der Waals surface area contributed by atoms with E-state index in [4.69, 9.17) is 5.73 Å². The van der Waals surface area contributed by atoms with E-state index in [1.807, 2.05) is 70.1 Å². The number of nitrogens with two attached hydrogens (primary N) is 1. The van der Waals surface area contributed by atoms with Crippen LogP contribution in [0.2, 0.25) is 0 Å². The molecular weight excluding hydrogens is 550 g/mol. The number of aliphatic hydroxyl groups excluding tert-OH is 2. The van der Waals surface area contributed by atoms with Gasteiger partial charge in [0.15, 0.2) is 11.4 Å². The van der Waals surface area contributed by atoms with E-state index in [-0.39, 0.29) is 29.7 Å². The molecule has 6 N–H and O–H groups in total. The summed E-state index contributed by atoms with van der Waals surface area (Å²) in [6, 6.07) is 8.66. The number of aliphatic hydroxyl groups is 3. The number of aromatic hydroxyl groups is 1. The Kier molecular flexibility index (Phi) is 7.02. The number of benzene rings is 2. The Morgan fingerprint density at radius 2 is 1.63 bits per heavy atom. The summed E-state index contributed by atoms with van der Waals surface area (Å²) in [5, 5.41) is 46.3. The van der Waals surface area contributed by atoms with Crippen molar-refractivity contribution in [2.75, 3.05) is 33.1 Å². The van der Waals surface area contributed by atoms with Crippen LogP contribution in [0.25, 0.3) is 16.9 Å². The monoisotopic (exact) mass is 589 g/mol. The Bertz CT molecular complexity index is 1630. The van der Waals surface area contributed by atoms with Crippen molar-refractivity contribution in [1.29, 1.82) is 0 Å². The molecule has 0 spiro atoms. The van der Waals surface area contributed by atoms with Gasteiger partial charge in [-0.15, -0.1) is 0 Å². The van der Waals surface area contributed by atoms with Crippen LogP contribution in [-0.4, -0.2) is 82.6 Å². The molecule has 0 unspecified atom stereocenters. The maximum Gasteiger partial charge on any atom is 0.255 e. The zero-order chi connectivity index (χ0) is 31.9. The second-order valence-corrected chi connectivity index (χ2v) is 13.3. The van der Waals surface area contributed by atoms with Gasteiger partial charge < -0.3 is 31.1 Å². The van der Waals surface area contributed by atoms with Gasteiger partial charge in [-0.1, -0.05) is 32.9 Å². The Morgan fingerprint density at radius 3 is 2.14 bits per heavy atom. The number of phenolic OH excluding ortho intramolecular Hbond substituents is 1. The standard InChI is InChI=1S/C33H39N3O7/c1-32(2,3)21-14-18(15-8-10-17(11-9-15)35(4)5)19-12-16-13-20-25(36(6)7)28(39)24(31(34)42)30(41)33(20,43)29(40)22(16)27(38)23(19)26(21)37/h8-11,14,16,20,25,37-38,41,43H,12-13H2,1-7H3,(H2,34,42)/t16-,20-,25-,33-/m1/s1. The highest BCUT2D eigenvalue weighted by Crippen LogP contribution is 2.55. The second-order valence-electron chi connectivity index (χ2n) is 13.3. The summed E-state index contributed by atoms with van der Waals surface area (Å²) in [6.07, 6.45) is 0.254. The highest BCUT2D eigenvalue weighted by molar-refractivity contribution is 6.24. The minimum atomic E-state index is -2.67. The molecule has 0 aromatic heterocycles. The number of carbonyl (C=O) groups excluding carboxylic acids is 3. The van der Waals surface area contributed by atoms with Crippen LogP contribution >= 0.6 is 0 Å². The van der Waals surface area contributed by atoms with E-state index in [1.54, 1.807) is 14.1 Å². The molecule has 0 heterocycles. The first-order valence-electron chi connectivity index (χ1n) is 14.2. The van der Waals surface area contributed by atoms with E-state index < -0.39 is 63.5 Å². The Labute approximate surface area is 250 Å². The largest absolute Gasteiger partial charge is 0.508 e. The van der Waals surface area contributed by atoms with Crippen LogP contribution in [0.4, 0.5) is 5.69 Å². The number of fused-ring (bicyclic) bond motifs is 3. The van der Waals surface area contributed by atoms with Gasteiger partial charge in [-0.25, -0.2) is 0 Å². The number of anilines is 1. The lowest BCUT2D eigenvalue weighted by atomic mass is 9.57. The molecule has 1 fully saturated rings. The van der Waals surface area contributed by atoms with E-state index >= 15 is 0 Å². The number of likely N-dealkylation sites (N-methyl/N-ethyl adjacent to an activating group) is 1. The van der Waals surface area contributed by atoms with E-state index in [0.717, 1.165) is 16.8 Å². The van der Waals surface area contributed by atoms with Crippen molar-refractivity contribution in [1.82, 2.24) is 4.90 Å². The van der Waals surface area contributed by atoms with Crippen LogP contribution < -0.4 is 10.6 Å². The number of phenols is 1. The van der Waals surface area contributed by atoms with Gasteiger partial charge in [0.25, 0.3) is 5.91 Å². The van der Waals surface area contributed by atoms with Crippen LogP contribution in [0.5, 0.6) is 5.75 Å². The summed E-state index contributed by atoms with van der Waals surface area (Å²) < 4.78 is 0. The fourth-order valence-corrected chi connectivity index (χ4v) is 7.08. The number of hydrogen-bond donors (Lipinski definition) is 5. The average Bonchev–Trinajstić information content (AvgIpc) is 2.90. The van der Waals surface area contributed by atoms with Gasteiger partial charge in [-0.2, -0.15) is 0 Å². The predicted octanol–water partition coefficient (Wildman–Crippen LogP) is 2.99. The molecule has 3 aliphatic rings. The maximum absolute atomic E-state index is 14.2. The summed E-state index contributed by atoms with van der Waals surface area (Å²) in [5.41, 5.74) is 5.12. The van der Waals surface area contributed by atoms with Crippen LogP contribution in [0.1, 0.15) is 43.9 Å². The SMILES string of the molecule is CN(C)c1ccc(-c2cc(C(C)(C)C)c(O)c3c2C[C@@H]2C[C@@H]4[C@@H](N(C)C)C(=O)C(C(N)=O)=C(O)[C@]4(O)C(=O)C2=C3O)cc1. The first-order chi connectivity index (χ1) is 19.9. The molecular formula is C33H39N3O7. The molecule has 3 aliphatic carbocycles. The van der Waals surface area contributed by atoms with Gasteiger partial charge in [0.2, 0.25) is 5.78 Å². The van der Waals surface area contributed by atoms with E-state index in [1.165, 1.54) is 4.90 Å². The summed E-state index contributed by atoms with van der Waals surface area (Å²) >= 11 is 0. The molecule has 4 atom stereocenters. The van der Waals surface area contributed by atoms with Gasteiger partial charge in [0.05, 0.1) is 11.6 Å². The summed E-state index contributed by atoms with van der Waals surface area (Å²) in [5.74, 6) is -6.61. The summed E-state index contributed by atoms with van der Waals surface area (Å²) in [6.45, 7) is 5.78. The fraction of sp³-hybridized carbons (Fsp3) is 0.424. The smallest absolute Gasteiger partial charge is 0.255 e. The predicted molar refractivity (Wildman–Crippen MR) is 163 cm³/mol. The molecule has 43 heavy (non-hydrogen) atoms. The molecule has 10 heteroatoms. The maximum atomic E-state index is 14.2. The summed E-state index contributed by atoms with van der Waals surface area (Å²) in [7, 11) is 7.04. The Morgan fingerprint density at radius 1 is 1.02 bits per heavy atom.